The zero-order valence-electron chi connectivity index (χ0n) is 9.64. The van der Waals surface area contributed by atoms with Crippen LogP contribution >= 0.6 is 0 Å². The topological polar surface area (TPSA) is 66.4 Å². The number of carboxylic acids is 1. The van der Waals surface area contributed by atoms with E-state index in [0.29, 0.717) is 5.69 Å². The van der Waals surface area contributed by atoms with Crippen molar-refractivity contribution < 1.29 is 14.7 Å². The highest BCUT2D eigenvalue weighted by molar-refractivity contribution is 6.04. The fraction of sp³-hybridized carbons (Fsp3) is 0.231. The van der Waals surface area contributed by atoms with E-state index in [1.165, 1.54) is 12.1 Å². The van der Waals surface area contributed by atoms with E-state index in [1.54, 1.807) is 24.3 Å². The molecule has 1 rings (SSSR count). The minimum atomic E-state index is -1.06. The van der Waals surface area contributed by atoms with Crippen LogP contribution in [0.3, 0.4) is 0 Å². The first-order valence-electron chi connectivity index (χ1n) is 5.45. The molecule has 0 heterocycles. The molecule has 90 valence electrons. The van der Waals surface area contributed by atoms with Gasteiger partial charge in [0, 0.05) is 0 Å². The van der Waals surface area contributed by atoms with Gasteiger partial charge in [-0.3, -0.25) is 4.79 Å². The largest absolute Gasteiger partial charge is 0.478 e. The van der Waals surface area contributed by atoms with Crippen LogP contribution < -0.4 is 5.32 Å². The molecule has 0 spiro atoms. The minimum absolute atomic E-state index is 0.0877. The first kappa shape index (κ1) is 13.0. The molecule has 0 bridgehead atoms. The monoisotopic (exact) mass is 233 g/mol. The van der Waals surface area contributed by atoms with Crippen LogP contribution in [0, 0.1) is 0 Å². The Kier molecular flexibility index (Phi) is 4.94. The second-order valence-electron chi connectivity index (χ2n) is 3.53. The van der Waals surface area contributed by atoms with Gasteiger partial charge in [0.25, 0.3) is 0 Å². The maximum absolute atomic E-state index is 11.5. The quantitative estimate of drug-likeness (QED) is 0.768. The normalized spacial score (nSPS) is 10.4. The van der Waals surface area contributed by atoms with Crippen LogP contribution in [0.25, 0.3) is 0 Å². The lowest BCUT2D eigenvalue weighted by molar-refractivity contribution is -0.111. The molecule has 1 aromatic carbocycles. The summed E-state index contributed by atoms with van der Waals surface area (Å²) in [6, 6.07) is 6.31. The van der Waals surface area contributed by atoms with Crippen molar-refractivity contribution in [2.24, 2.45) is 0 Å². The zero-order chi connectivity index (χ0) is 12.7. The van der Waals surface area contributed by atoms with Gasteiger partial charge in [0.1, 0.15) is 0 Å². The molecule has 0 aliphatic heterocycles. The van der Waals surface area contributed by atoms with Crippen molar-refractivity contribution in [1.29, 1.82) is 0 Å². The van der Waals surface area contributed by atoms with Gasteiger partial charge in [0.05, 0.1) is 11.3 Å². The molecule has 1 aromatic rings. The van der Waals surface area contributed by atoms with Crippen LogP contribution in [0.4, 0.5) is 5.69 Å². The Morgan fingerprint density at radius 3 is 2.71 bits per heavy atom. The van der Waals surface area contributed by atoms with E-state index in [0.717, 1.165) is 12.8 Å². The molecule has 4 nitrogen and oxygen atoms in total. The number of rotatable bonds is 5. The number of unbranched alkanes of at least 4 members (excludes halogenated alkanes) is 1. The molecule has 0 aromatic heterocycles. The SMILES string of the molecule is CCCC=CC(=O)Nc1ccccc1C(=O)O. The lowest BCUT2D eigenvalue weighted by Gasteiger charge is -2.05. The summed E-state index contributed by atoms with van der Waals surface area (Å²) in [5, 5.41) is 11.5. The Balaban J connectivity index is 2.74. The van der Waals surface area contributed by atoms with Gasteiger partial charge in [-0.1, -0.05) is 31.6 Å². The molecule has 2 N–H and O–H groups in total. The predicted octanol–water partition coefficient (Wildman–Crippen LogP) is 2.68. The fourth-order valence-electron chi connectivity index (χ4n) is 1.31. The molecule has 0 fully saturated rings. The third kappa shape index (κ3) is 4.10. The van der Waals surface area contributed by atoms with Crippen molar-refractivity contribution in [3.8, 4) is 0 Å². The summed E-state index contributed by atoms with van der Waals surface area (Å²) in [7, 11) is 0. The minimum Gasteiger partial charge on any atom is -0.478 e. The first-order chi connectivity index (χ1) is 8.15. The van der Waals surface area contributed by atoms with E-state index in [1.807, 2.05) is 6.92 Å². The summed E-state index contributed by atoms with van der Waals surface area (Å²) in [6.45, 7) is 2.02. The number of nitrogens with one attached hydrogen (secondary N) is 1. The molecule has 4 heteroatoms. The summed E-state index contributed by atoms with van der Waals surface area (Å²) < 4.78 is 0. The van der Waals surface area contributed by atoms with Gasteiger partial charge in [-0.05, 0) is 24.6 Å². The van der Waals surface area contributed by atoms with E-state index in [4.69, 9.17) is 5.11 Å². The highest BCUT2D eigenvalue weighted by Crippen LogP contribution is 2.14. The Hall–Kier alpha value is -2.10. The van der Waals surface area contributed by atoms with Gasteiger partial charge in [-0.25, -0.2) is 4.79 Å². The summed E-state index contributed by atoms with van der Waals surface area (Å²) in [5.41, 5.74) is 0.399. The molecule has 0 saturated heterocycles. The number of carbonyl (C=O) groups excluding carboxylic acids is 1. The van der Waals surface area contributed by atoms with Crippen molar-refractivity contribution in [3.63, 3.8) is 0 Å². The number of anilines is 1. The van der Waals surface area contributed by atoms with Crippen LogP contribution in [-0.4, -0.2) is 17.0 Å². The van der Waals surface area contributed by atoms with Crippen molar-refractivity contribution in [2.75, 3.05) is 5.32 Å². The van der Waals surface area contributed by atoms with Crippen molar-refractivity contribution >= 4 is 17.6 Å². The zero-order valence-corrected chi connectivity index (χ0v) is 9.64. The van der Waals surface area contributed by atoms with E-state index in [9.17, 15) is 9.59 Å². The lowest BCUT2D eigenvalue weighted by atomic mass is 10.2. The van der Waals surface area contributed by atoms with E-state index < -0.39 is 5.97 Å². The Morgan fingerprint density at radius 2 is 2.06 bits per heavy atom. The average Bonchev–Trinajstić information content (AvgIpc) is 2.29. The standard InChI is InChI=1S/C13H15NO3/c1-2-3-4-9-12(15)14-11-8-6-5-7-10(11)13(16)17/h4-9H,2-3H2,1H3,(H,14,15)(H,16,17). The van der Waals surface area contributed by atoms with Crippen LogP contribution in [0.1, 0.15) is 30.1 Å². The number of amides is 1. The maximum atomic E-state index is 11.5. The second kappa shape index (κ2) is 6.48. The second-order valence-corrected chi connectivity index (χ2v) is 3.53. The number of hydrogen-bond acceptors (Lipinski definition) is 2. The van der Waals surface area contributed by atoms with Gasteiger partial charge in [-0.2, -0.15) is 0 Å². The number of benzene rings is 1. The summed E-state index contributed by atoms with van der Waals surface area (Å²) in [4.78, 5) is 22.4. The number of aromatic carboxylic acids is 1. The van der Waals surface area contributed by atoms with Gasteiger partial charge < -0.3 is 10.4 Å². The molecule has 1 amide bonds. The molecule has 17 heavy (non-hydrogen) atoms. The Bertz CT molecular complexity index is 438. The smallest absolute Gasteiger partial charge is 0.337 e. The number of carbonyl (C=O) groups is 2. The molecule has 0 saturated carbocycles. The van der Waals surface area contributed by atoms with Crippen molar-refractivity contribution in [1.82, 2.24) is 0 Å². The lowest BCUT2D eigenvalue weighted by Crippen LogP contribution is -2.11. The number of carboxylic acid groups (broad SMARTS) is 1. The van der Waals surface area contributed by atoms with E-state index >= 15 is 0 Å². The van der Waals surface area contributed by atoms with Crippen molar-refractivity contribution in [3.05, 3.63) is 42.0 Å². The average molecular weight is 233 g/mol. The molecule has 0 aliphatic carbocycles. The molecular formula is C13H15NO3. The molecule has 0 unspecified atom stereocenters. The Morgan fingerprint density at radius 1 is 1.35 bits per heavy atom. The third-order valence-electron chi connectivity index (χ3n) is 2.14. The number of allylic oxidation sites excluding steroid dienone is 1. The van der Waals surface area contributed by atoms with Crippen molar-refractivity contribution in [2.45, 2.75) is 19.8 Å². The van der Waals surface area contributed by atoms with E-state index in [-0.39, 0.29) is 11.5 Å². The molecule has 0 radical (unpaired) electrons. The fourth-order valence-corrected chi connectivity index (χ4v) is 1.31. The predicted molar refractivity (Wildman–Crippen MR) is 66.1 cm³/mol. The van der Waals surface area contributed by atoms with Gasteiger partial charge in [0.15, 0.2) is 0 Å². The Labute approximate surface area is 100.0 Å². The summed E-state index contributed by atoms with van der Waals surface area (Å²) in [6.07, 6.45) is 4.98. The number of para-hydroxylation sites is 1. The first-order valence-corrected chi connectivity index (χ1v) is 5.45. The summed E-state index contributed by atoms with van der Waals surface area (Å²) >= 11 is 0. The van der Waals surface area contributed by atoms with Gasteiger partial charge >= 0.3 is 5.97 Å². The van der Waals surface area contributed by atoms with Gasteiger partial charge in [-0.15, -0.1) is 0 Å². The highest BCUT2D eigenvalue weighted by atomic mass is 16.4. The van der Waals surface area contributed by atoms with Crippen LogP contribution in [0.15, 0.2) is 36.4 Å². The molecule has 0 aliphatic rings. The highest BCUT2D eigenvalue weighted by Gasteiger charge is 2.09. The van der Waals surface area contributed by atoms with Crippen LogP contribution in [0.5, 0.6) is 0 Å². The summed E-state index contributed by atoms with van der Waals surface area (Å²) in [5.74, 6) is -1.37. The number of hydrogen-bond donors (Lipinski definition) is 2. The maximum Gasteiger partial charge on any atom is 0.337 e. The molecular weight excluding hydrogens is 218 g/mol. The van der Waals surface area contributed by atoms with Crippen LogP contribution in [0.2, 0.25) is 0 Å². The third-order valence-corrected chi connectivity index (χ3v) is 2.14. The molecule has 0 atom stereocenters. The van der Waals surface area contributed by atoms with E-state index in [2.05, 4.69) is 5.32 Å². The van der Waals surface area contributed by atoms with Gasteiger partial charge in [0.2, 0.25) is 5.91 Å². The van der Waals surface area contributed by atoms with Crippen LogP contribution in [-0.2, 0) is 4.79 Å².